The van der Waals surface area contributed by atoms with Crippen molar-refractivity contribution in [2.75, 3.05) is 27.4 Å². The predicted octanol–water partition coefficient (Wildman–Crippen LogP) is 2.28. The minimum atomic E-state index is -0.0298. The van der Waals surface area contributed by atoms with Crippen LogP contribution in [0, 0.1) is 18.8 Å². The summed E-state index contributed by atoms with van der Waals surface area (Å²) < 4.78 is 18.6. The van der Waals surface area contributed by atoms with Crippen molar-refractivity contribution in [3.05, 3.63) is 29.5 Å². The number of fused-ring (bicyclic) bond motifs is 2. The van der Waals surface area contributed by atoms with Gasteiger partial charge in [0.2, 0.25) is 0 Å². The van der Waals surface area contributed by atoms with Gasteiger partial charge in [0.25, 0.3) is 5.91 Å². The molecule has 1 amide bonds. The summed E-state index contributed by atoms with van der Waals surface area (Å²) in [6, 6.07) is 5.96. The van der Waals surface area contributed by atoms with E-state index in [-0.39, 0.29) is 24.0 Å². The smallest absolute Gasteiger partial charge is 0.253 e. The second-order valence-electron chi connectivity index (χ2n) is 7.31. The van der Waals surface area contributed by atoms with Crippen LogP contribution in [0.5, 0.6) is 5.75 Å². The van der Waals surface area contributed by atoms with Crippen LogP contribution < -0.4 is 10.1 Å². The molecular weight excluding hydrogens is 332 g/mol. The normalized spacial score (nSPS) is 27.2. The SMILES string of the molecule is COC[C@@H]1[C@H](NC(=O)c2c(C)n(C)c3ccc(OC)cc23)[C@@H]2CCO[C@H]12. The van der Waals surface area contributed by atoms with E-state index in [9.17, 15) is 4.79 Å². The average Bonchev–Trinajstić information content (AvgIpc) is 3.17. The Morgan fingerprint density at radius 3 is 2.92 bits per heavy atom. The van der Waals surface area contributed by atoms with Gasteiger partial charge in [0.15, 0.2) is 0 Å². The average molecular weight is 358 g/mol. The van der Waals surface area contributed by atoms with E-state index >= 15 is 0 Å². The zero-order chi connectivity index (χ0) is 18.4. The van der Waals surface area contributed by atoms with Gasteiger partial charge in [-0.3, -0.25) is 4.79 Å². The van der Waals surface area contributed by atoms with E-state index in [1.165, 1.54) is 0 Å². The molecule has 1 saturated carbocycles. The first-order valence-corrected chi connectivity index (χ1v) is 9.11. The van der Waals surface area contributed by atoms with Crippen LogP contribution in [0.3, 0.4) is 0 Å². The predicted molar refractivity (Wildman–Crippen MR) is 98.7 cm³/mol. The minimum absolute atomic E-state index is 0.0298. The lowest BCUT2D eigenvalue weighted by Gasteiger charge is -2.47. The Hall–Kier alpha value is -2.05. The number of nitrogens with one attached hydrogen (secondary N) is 1. The fraction of sp³-hybridized carbons (Fsp3) is 0.550. The molecular formula is C20H26N2O4. The quantitative estimate of drug-likeness (QED) is 0.891. The number of carbonyl (C=O) groups is 1. The molecule has 1 N–H and O–H groups in total. The molecule has 2 aromatic rings. The van der Waals surface area contributed by atoms with Crippen molar-refractivity contribution in [3.8, 4) is 5.75 Å². The number of amides is 1. The standard InChI is InChI=1S/C20H26N2O4/c1-11-17(14-9-12(25-4)5-6-16(14)22(11)2)20(23)21-18-13-7-8-26-19(13)15(18)10-24-3/h5-6,9,13,15,18-19H,7-8,10H2,1-4H3,(H,21,23)/t13-,15+,18+,19-/m0/s1. The Bertz CT molecular complexity index is 844. The summed E-state index contributed by atoms with van der Waals surface area (Å²) in [5, 5.41) is 4.19. The molecule has 2 aliphatic rings. The third-order valence-electron chi connectivity index (χ3n) is 6.11. The molecule has 1 saturated heterocycles. The number of benzene rings is 1. The number of ether oxygens (including phenoxy) is 3. The summed E-state index contributed by atoms with van der Waals surface area (Å²) in [4.78, 5) is 13.2. The molecule has 0 radical (unpaired) electrons. The lowest BCUT2D eigenvalue weighted by atomic mass is 9.67. The van der Waals surface area contributed by atoms with Gasteiger partial charge < -0.3 is 24.1 Å². The number of methoxy groups -OCH3 is 2. The summed E-state index contributed by atoms with van der Waals surface area (Å²) in [6.07, 6.45) is 1.21. The highest BCUT2D eigenvalue weighted by molar-refractivity contribution is 6.09. The summed E-state index contributed by atoms with van der Waals surface area (Å²) in [5.74, 6) is 1.34. The highest BCUT2D eigenvalue weighted by Gasteiger charge is 2.54. The Labute approximate surface area is 153 Å². The number of rotatable bonds is 5. The Morgan fingerprint density at radius 2 is 2.19 bits per heavy atom. The van der Waals surface area contributed by atoms with Gasteiger partial charge in [-0.05, 0) is 31.5 Å². The molecule has 1 aliphatic heterocycles. The van der Waals surface area contributed by atoms with Gasteiger partial charge >= 0.3 is 0 Å². The molecule has 6 heteroatoms. The van der Waals surface area contributed by atoms with Gasteiger partial charge in [0.1, 0.15) is 5.75 Å². The van der Waals surface area contributed by atoms with E-state index in [2.05, 4.69) is 9.88 Å². The van der Waals surface area contributed by atoms with Crippen molar-refractivity contribution in [2.24, 2.45) is 18.9 Å². The maximum atomic E-state index is 13.2. The molecule has 1 aliphatic carbocycles. The zero-order valence-corrected chi connectivity index (χ0v) is 15.7. The molecule has 4 rings (SSSR count). The van der Waals surface area contributed by atoms with E-state index in [0.717, 1.165) is 40.9 Å². The Balaban J connectivity index is 1.65. The van der Waals surface area contributed by atoms with Gasteiger partial charge in [0, 0.05) is 55.2 Å². The van der Waals surface area contributed by atoms with E-state index < -0.39 is 0 Å². The molecule has 26 heavy (non-hydrogen) atoms. The summed E-state index contributed by atoms with van der Waals surface area (Å²) in [5.41, 5.74) is 2.70. The van der Waals surface area contributed by atoms with E-state index in [1.807, 2.05) is 32.2 Å². The van der Waals surface area contributed by atoms with Crippen LogP contribution in [0.1, 0.15) is 22.5 Å². The monoisotopic (exact) mass is 358 g/mol. The van der Waals surface area contributed by atoms with Crippen molar-refractivity contribution >= 4 is 16.8 Å². The molecule has 1 aromatic heterocycles. The molecule has 2 heterocycles. The molecule has 0 unspecified atom stereocenters. The first-order chi connectivity index (χ1) is 12.6. The highest BCUT2D eigenvalue weighted by Crippen LogP contribution is 2.44. The van der Waals surface area contributed by atoms with Crippen molar-refractivity contribution < 1.29 is 19.0 Å². The Morgan fingerprint density at radius 1 is 1.38 bits per heavy atom. The number of nitrogens with zero attached hydrogens (tertiary/aromatic N) is 1. The molecule has 1 aromatic carbocycles. The van der Waals surface area contributed by atoms with Crippen molar-refractivity contribution in [1.29, 1.82) is 0 Å². The second-order valence-corrected chi connectivity index (χ2v) is 7.31. The molecule has 4 atom stereocenters. The van der Waals surface area contributed by atoms with Crippen molar-refractivity contribution in [1.82, 2.24) is 9.88 Å². The van der Waals surface area contributed by atoms with Gasteiger partial charge in [0.05, 0.1) is 25.4 Å². The van der Waals surface area contributed by atoms with Crippen LogP contribution in [0.15, 0.2) is 18.2 Å². The largest absolute Gasteiger partial charge is 0.497 e. The molecule has 0 bridgehead atoms. The van der Waals surface area contributed by atoms with Crippen LogP contribution in [0.4, 0.5) is 0 Å². The molecule has 140 valence electrons. The van der Waals surface area contributed by atoms with Gasteiger partial charge in [-0.15, -0.1) is 0 Å². The maximum absolute atomic E-state index is 13.2. The lowest BCUT2D eigenvalue weighted by Crippen LogP contribution is -2.62. The summed E-state index contributed by atoms with van der Waals surface area (Å²) in [6.45, 7) is 3.36. The second kappa shape index (κ2) is 6.59. The topological polar surface area (TPSA) is 61.7 Å². The number of carbonyl (C=O) groups excluding carboxylic acids is 1. The summed E-state index contributed by atoms with van der Waals surface area (Å²) >= 11 is 0. The number of aromatic nitrogens is 1. The molecule has 0 spiro atoms. The minimum Gasteiger partial charge on any atom is -0.497 e. The van der Waals surface area contributed by atoms with Crippen LogP contribution in [-0.4, -0.2) is 50.1 Å². The third-order valence-corrected chi connectivity index (χ3v) is 6.11. The van der Waals surface area contributed by atoms with Gasteiger partial charge in [-0.25, -0.2) is 0 Å². The fourth-order valence-electron chi connectivity index (χ4n) is 4.62. The maximum Gasteiger partial charge on any atom is 0.253 e. The number of aryl methyl sites for hydroxylation is 1. The van der Waals surface area contributed by atoms with Gasteiger partial charge in [-0.1, -0.05) is 0 Å². The first-order valence-electron chi connectivity index (χ1n) is 9.11. The zero-order valence-electron chi connectivity index (χ0n) is 15.7. The Kier molecular flexibility index (Phi) is 4.40. The highest BCUT2D eigenvalue weighted by atomic mass is 16.5. The molecule has 6 nitrogen and oxygen atoms in total. The van der Waals surface area contributed by atoms with E-state index in [4.69, 9.17) is 14.2 Å². The van der Waals surface area contributed by atoms with E-state index in [0.29, 0.717) is 12.5 Å². The number of hydrogen-bond acceptors (Lipinski definition) is 4. The van der Waals surface area contributed by atoms with Crippen LogP contribution in [0.25, 0.3) is 10.9 Å². The molecule has 2 fully saturated rings. The fourth-order valence-corrected chi connectivity index (χ4v) is 4.62. The van der Waals surface area contributed by atoms with Crippen LogP contribution in [-0.2, 0) is 16.5 Å². The third kappa shape index (κ3) is 2.51. The van der Waals surface area contributed by atoms with E-state index in [1.54, 1.807) is 14.2 Å². The first kappa shape index (κ1) is 17.4. The lowest BCUT2D eigenvalue weighted by molar-refractivity contribution is -0.0809. The van der Waals surface area contributed by atoms with Crippen molar-refractivity contribution in [3.63, 3.8) is 0 Å². The van der Waals surface area contributed by atoms with Gasteiger partial charge in [-0.2, -0.15) is 0 Å². The number of hydrogen-bond donors (Lipinski definition) is 1. The van der Waals surface area contributed by atoms with Crippen LogP contribution in [0.2, 0.25) is 0 Å². The summed E-state index contributed by atoms with van der Waals surface area (Å²) in [7, 11) is 5.32. The van der Waals surface area contributed by atoms with Crippen molar-refractivity contribution in [2.45, 2.75) is 25.5 Å². The van der Waals surface area contributed by atoms with Crippen LogP contribution >= 0.6 is 0 Å².